The molecule has 0 saturated carbocycles. The first-order valence-corrected chi connectivity index (χ1v) is 17.0. The van der Waals surface area contributed by atoms with Gasteiger partial charge in [0.1, 0.15) is 5.01 Å². The highest BCUT2D eigenvalue weighted by atomic mass is 32.1. The molecule has 0 amide bonds. The summed E-state index contributed by atoms with van der Waals surface area (Å²) >= 11 is 1.69. The molecule has 2 aromatic carbocycles. The van der Waals surface area contributed by atoms with Gasteiger partial charge in [0.15, 0.2) is 11.6 Å². The Kier molecular flexibility index (Phi) is 9.77. The van der Waals surface area contributed by atoms with Crippen LogP contribution >= 0.6 is 11.3 Å². The lowest BCUT2D eigenvalue weighted by Crippen LogP contribution is -2.35. The Morgan fingerprint density at radius 3 is 2.35 bits per heavy atom. The molecule has 2 heterocycles. The van der Waals surface area contributed by atoms with Gasteiger partial charge in [-0.15, -0.1) is 11.3 Å². The van der Waals surface area contributed by atoms with Crippen molar-refractivity contribution in [3.8, 4) is 11.3 Å². The third-order valence-electron chi connectivity index (χ3n) is 9.41. The SMILES string of the molecule is C=C(CC(C)(C)C)CC1(CNCc2nc(-c3ccc(N4CCC(CC)CC4)cc3CC)cs2)Cc2cc(F)c(F)cc2C1. The topological polar surface area (TPSA) is 28.2 Å². The summed E-state index contributed by atoms with van der Waals surface area (Å²) < 4.78 is 28.2. The molecule has 0 bridgehead atoms. The van der Waals surface area contributed by atoms with E-state index in [2.05, 4.69) is 75.0 Å². The van der Waals surface area contributed by atoms with E-state index < -0.39 is 11.6 Å². The Bertz CT molecular complexity index is 1400. The third-order valence-corrected chi connectivity index (χ3v) is 10.3. The van der Waals surface area contributed by atoms with E-state index in [1.54, 1.807) is 11.3 Å². The van der Waals surface area contributed by atoms with E-state index in [1.807, 2.05) is 0 Å². The zero-order valence-corrected chi connectivity index (χ0v) is 27.6. The number of halogens is 2. The van der Waals surface area contributed by atoms with Crippen molar-refractivity contribution in [1.82, 2.24) is 10.3 Å². The summed E-state index contributed by atoms with van der Waals surface area (Å²) in [5.74, 6) is -0.644. The molecule has 43 heavy (non-hydrogen) atoms. The molecule has 1 N–H and O–H groups in total. The fourth-order valence-corrected chi connectivity index (χ4v) is 8.12. The number of nitrogens with one attached hydrogen (secondary N) is 1. The number of benzene rings is 2. The van der Waals surface area contributed by atoms with Crippen LogP contribution in [-0.4, -0.2) is 24.6 Å². The van der Waals surface area contributed by atoms with Crippen molar-refractivity contribution in [1.29, 1.82) is 0 Å². The molecule has 0 spiro atoms. The van der Waals surface area contributed by atoms with E-state index in [9.17, 15) is 8.78 Å². The molecule has 6 heteroatoms. The van der Waals surface area contributed by atoms with Gasteiger partial charge in [-0.2, -0.15) is 0 Å². The van der Waals surface area contributed by atoms with Crippen LogP contribution in [0.4, 0.5) is 14.5 Å². The predicted octanol–water partition coefficient (Wildman–Crippen LogP) is 9.53. The molecule has 5 rings (SSSR count). The summed E-state index contributed by atoms with van der Waals surface area (Å²) in [7, 11) is 0. The Balaban J connectivity index is 1.26. The molecule has 0 atom stereocenters. The highest BCUT2D eigenvalue weighted by Crippen LogP contribution is 2.43. The number of thiazole rings is 1. The quantitative estimate of drug-likeness (QED) is 0.221. The van der Waals surface area contributed by atoms with Crippen LogP contribution in [0.1, 0.15) is 88.4 Å². The van der Waals surface area contributed by atoms with Gasteiger partial charge in [0.2, 0.25) is 0 Å². The molecule has 232 valence electrons. The normalized spacial score (nSPS) is 17.0. The summed E-state index contributed by atoms with van der Waals surface area (Å²) in [4.78, 5) is 7.58. The van der Waals surface area contributed by atoms with Gasteiger partial charge in [0.05, 0.1) is 5.69 Å². The van der Waals surface area contributed by atoms with Crippen LogP contribution in [0.5, 0.6) is 0 Å². The molecular formula is C37H49F2N3S. The summed E-state index contributed by atoms with van der Waals surface area (Å²) in [6, 6.07) is 9.70. The van der Waals surface area contributed by atoms with Gasteiger partial charge < -0.3 is 10.2 Å². The first-order chi connectivity index (χ1) is 20.5. The van der Waals surface area contributed by atoms with Crippen LogP contribution in [0.15, 0.2) is 47.9 Å². The third kappa shape index (κ3) is 7.75. The maximum atomic E-state index is 14.1. The van der Waals surface area contributed by atoms with Gasteiger partial charge in [-0.3, -0.25) is 0 Å². The standard InChI is InChI=1S/C37H49F2N3S/c1-7-26-11-13-42(14-12-26)30-9-10-31(27(8-2)15-30)34-23-43-35(41-34)22-40-24-37(19-25(3)18-36(4,5)6)20-28-16-32(38)33(39)17-29(28)21-37/h9-10,15-17,23,26,40H,3,7-8,11-14,18-22,24H2,1-2,4-6H3. The van der Waals surface area contributed by atoms with Gasteiger partial charge in [-0.1, -0.05) is 59.3 Å². The van der Waals surface area contributed by atoms with Crippen molar-refractivity contribution in [2.45, 2.75) is 92.5 Å². The number of aromatic nitrogens is 1. The largest absolute Gasteiger partial charge is 0.372 e. The lowest BCUT2D eigenvalue weighted by Gasteiger charge is -2.33. The maximum absolute atomic E-state index is 14.1. The summed E-state index contributed by atoms with van der Waals surface area (Å²) in [5, 5.41) is 6.91. The van der Waals surface area contributed by atoms with E-state index in [-0.39, 0.29) is 10.8 Å². The molecule has 3 aromatic rings. The second-order valence-electron chi connectivity index (χ2n) is 14.3. The minimum atomic E-state index is -0.758. The minimum Gasteiger partial charge on any atom is -0.372 e. The summed E-state index contributed by atoms with van der Waals surface area (Å²) in [5.41, 5.74) is 7.99. The Hall–Kier alpha value is -2.57. The average Bonchev–Trinajstić information content (AvgIpc) is 3.56. The van der Waals surface area contributed by atoms with Crippen molar-refractivity contribution < 1.29 is 8.78 Å². The number of hydrogen-bond acceptors (Lipinski definition) is 4. The highest BCUT2D eigenvalue weighted by Gasteiger charge is 2.38. The number of rotatable bonds is 11. The van der Waals surface area contributed by atoms with E-state index in [1.165, 1.54) is 53.8 Å². The van der Waals surface area contributed by atoms with Crippen molar-refractivity contribution in [2.75, 3.05) is 24.5 Å². The maximum Gasteiger partial charge on any atom is 0.159 e. The lowest BCUT2D eigenvalue weighted by atomic mass is 9.75. The smallest absolute Gasteiger partial charge is 0.159 e. The molecule has 1 fully saturated rings. The number of anilines is 1. The first-order valence-electron chi connectivity index (χ1n) is 16.1. The lowest BCUT2D eigenvalue weighted by molar-refractivity contribution is 0.272. The van der Waals surface area contributed by atoms with Crippen molar-refractivity contribution in [2.24, 2.45) is 16.7 Å². The van der Waals surface area contributed by atoms with E-state index in [4.69, 9.17) is 4.98 Å². The molecule has 0 unspecified atom stereocenters. The zero-order chi connectivity index (χ0) is 30.8. The van der Waals surface area contributed by atoms with Gasteiger partial charge in [-0.25, -0.2) is 13.8 Å². The fourth-order valence-electron chi connectivity index (χ4n) is 7.35. The van der Waals surface area contributed by atoms with Crippen molar-refractivity contribution in [3.05, 3.63) is 81.2 Å². The predicted molar refractivity (Wildman–Crippen MR) is 178 cm³/mol. The van der Waals surface area contributed by atoms with Crippen LogP contribution < -0.4 is 10.2 Å². The molecule has 1 saturated heterocycles. The van der Waals surface area contributed by atoms with E-state index in [0.717, 1.165) is 79.5 Å². The molecule has 1 aliphatic heterocycles. The van der Waals surface area contributed by atoms with E-state index >= 15 is 0 Å². The van der Waals surface area contributed by atoms with E-state index in [0.29, 0.717) is 6.54 Å². The van der Waals surface area contributed by atoms with Crippen LogP contribution in [0, 0.1) is 28.4 Å². The van der Waals surface area contributed by atoms with Crippen LogP contribution in [0.25, 0.3) is 11.3 Å². The molecule has 0 radical (unpaired) electrons. The van der Waals surface area contributed by atoms with Crippen molar-refractivity contribution in [3.63, 3.8) is 0 Å². The number of nitrogens with zero attached hydrogens (tertiary/aromatic N) is 2. The summed E-state index contributed by atoms with van der Waals surface area (Å²) in [6.07, 6.45) is 8.04. The van der Waals surface area contributed by atoms with Gasteiger partial charge in [-0.05, 0) is 103 Å². The first kappa shape index (κ1) is 31.8. The van der Waals surface area contributed by atoms with Crippen LogP contribution in [-0.2, 0) is 25.8 Å². The number of fused-ring (bicyclic) bond motifs is 1. The fraction of sp³-hybridized carbons (Fsp3) is 0.541. The Morgan fingerprint density at radius 2 is 1.74 bits per heavy atom. The molecule has 2 aliphatic rings. The second kappa shape index (κ2) is 13.2. The molecule has 1 aromatic heterocycles. The van der Waals surface area contributed by atoms with Gasteiger partial charge in [0.25, 0.3) is 0 Å². The second-order valence-corrected chi connectivity index (χ2v) is 15.3. The van der Waals surface area contributed by atoms with Crippen LogP contribution in [0.2, 0.25) is 0 Å². The zero-order valence-electron chi connectivity index (χ0n) is 26.8. The minimum absolute atomic E-state index is 0.147. The number of aryl methyl sites for hydroxylation is 1. The summed E-state index contributed by atoms with van der Waals surface area (Å²) in [6.45, 7) is 19.3. The molecule has 1 aliphatic carbocycles. The van der Waals surface area contributed by atoms with Gasteiger partial charge in [0, 0.05) is 42.8 Å². The monoisotopic (exact) mass is 605 g/mol. The number of piperidine rings is 1. The number of hydrogen-bond donors (Lipinski definition) is 1. The van der Waals surface area contributed by atoms with Gasteiger partial charge >= 0.3 is 0 Å². The molecular weight excluding hydrogens is 556 g/mol. The average molecular weight is 606 g/mol. The Labute approximate surface area is 261 Å². The van der Waals surface area contributed by atoms with Crippen LogP contribution in [0.3, 0.4) is 0 Å². The highest BCUT2D eigenvalue weighted by molar-refractivity contribution is 7.09. The number of allylic oxidation sites excluding steroid dienone is 1. The van der Waals surface area contributed by atoms with Crippen molar-refractivity contribution >= 4 is 17.0 Å². The Morgan fingerprint density at radius 1 is 1.07 bits per heavy atom. The molecule has 3 nitrogen and oxygen atoms in total.